The lowest BCUT2D eigenvalue weighted by molar-refractivity contribution is -0.153. The van der Waals surface area contributed by atoms with Crippen molar-refractivity contribution in [1.29, 1.82) is 5.26 Å². The summed E-state index contributed by atoms with van der Waals surface area (Å²) in [6, 6.07) is 26.3. The van der Waals surface area contributed by atoms with Gasteiger partial charge in [-0.2, -0.15) is 5.26 Å². The van der Waals surface area contributed by atoms with E-state index in [2.05, 4.69) is 9.97 Å². The first kappa shape index (κ1) is 53.3. The van der Waals surface area contributed by atoms with Gasteiger partial charge in [0.2, 0.25) is 0 Å². The number of H-pyrrole nitrogens is 2. The molecular weight excluding hydrogens is 974 g/mol. The van der Waals surface area contributed by atoms with Crippen molar-refractivity contribution in [3.05, 3.63) is 161 Å². The number of esters is 2. The van der Waals surface area contributed by atoms with E-state index in [4.69, 9.17) is 54.0 Å². The monoisotopic (exact) mass is 1030 g/mol. The lowest BCUT2D eigenvalue weighted by Crippen LogP contribution is -2.39. The van der Waals surface area contributed by atoms with Crippen LogP contribution < -0.4 is 32.0 Å². The van der Waals surface area contributed by atoms with Gasteiger partial charge < -0.3 is 42.2 Å². The smallest absolute Gasteiger partial charge is 0.330 e. The second kappa shape index (κ2) is 22.5. The second-order valence-corrected chi connectivity index (χ2v) is 21.6. The van der Waals surface area contributed by atoms with E-state index in [-0.39, 0.29) is 37.0 Å². The van der Waals surface area contributed by atoms with Gasteiger partial charge in [0.1, 0.15) is 59.6 Å². The topological polar surface area (TPSA) is 251 Å². The minimum atomic E-state index is -3.97. The Morgan fingerprint density at radius 3 is 1.74 bits per heavy atom. The molecule has 2 fully saturated rings. The van der Waals surface area contributed by atoms with Gasteiger partial charge in [0, 0.05) is 43.3 Å². The Morgan fingerprint density at radius 2 is 1.25 bits per heavy atom. The number of nitriles is 1. The molecule has 7 atom stereocenters. The number of benzene rings is 3. The fourth-order valence-corrected chi connectivity index (χ4v) is 11.1. The molecule has 72 heavy (non-hydrogen) atoms. The number of aryl methyl sites for hydroxylation is 2. The summed E-state index contributed by atoms with van der Waals surface area (Å²) in [5, 5.41) is 9.48. The molecule has 2 aromatic heterocycles. The molecule has 0 bridgehead atoms. The summed E-state index contributed by atoms with van der Waals surface area (Å²) < 4.78 is 58.3. The molecule has 1 unspecified atom stereocenters. The van der Waals surface area contributed by atoms with Gasteiger partial charge in [-0.15, -0.1) is 0 Å². The van der Waals surface area contributed by atoms with Gasteiger partial charge in [0.25, 0.3) is 11.1 Å². The molecule has 0 saturated carbocycles. The molecule has 20 nitrogen and oxygen atoms in total. The van der Waals surface area contributed by atoms with Crippen molar-refractivity contribution >= 4 is 30.2 Å². The number of carbonyl (C=O) groups is 2. The summed E-state index contributed by atoms with van der Waals surface area (Å²) in [5.74, 6) is -0.302. The number of hydrogen-bond donors (Lipinski definition) is 2. The maximum absolute atomic E-state index is 13.9. The predicted octanol–water partition coefficient (Wildman–Crippen LogP) is 5.18. The maximum atomic E-state index is 13.9. The number of rotatable bonds is 20. The average molecular weight is 1030 g/mol. The van der Waals surface area contributed by atoms with Crippen molar-refractivity contribution in [2.45, 2.75) is 102 Å². The summed E-state index contributed by atoms with van der Waals surface area (Å²) in [7, 11) is 3.13. The van der Waals surface area contributed by atoms with Crippen molar-refractivity contribution in [2.75, 3.05) is 33.6 Å². The number of methoxy groups -OCH3 is 2. The van der Waals surface area contributed by atoms with E-state index in [0.717, 1.165) is 5.56 Å². The van der Waals surface area contributed by atoms with Crippen molar-refractivity contribution in [3.8, 4) is 17.6 Å². The number of nitrogens with one attached hydrogen (secondary N) is 2. The fraction of sp³-hybridized carbons (Fsp3) is 0.420. The Balaban J connectivity index is 1.29. The quantitative estimate of drug-likeness (QED) is 0.0579. The standard InChI is InChI=1S/C50H56N5O15PS/c1-30-25-54(47(60)52-45(30)58)42-23-38(66-32(3)56)41(68-42)28-65-71(72,29-44(57)69-49(4,5)21-22-51)70-39-24-43(55-26-31(2)46(59)53-48(55)61)67-40(39)27-64-50(33-11-9-8-10-12-33,34-13-17-36(62-6)18-14-34)35-15-19-37(63-7)20-16-35/h8-20,25-26,38-43H,21,23-24,27-29H2,1-7H3,(H,52,58,60)(H,53,59,61)/t38-,39-,40+,41+,42+,43+,71?/m0/s1. The molecule has 0 amide bonds. The van der Waals surface area contributed by atoms with Crippen LogP contribution >= 0.6 is 6.49 Å². The normalized spacial score (nSPS) is 20.8. The average Bonchev–Trinajstić information content (AvgIpc) is 3.93. The number of aromatic nitrogens is 4. The number of aromatic amines is 2. The van der Waals surface area contributed by atoms with E-state index in [9.17, 15) is 34.0 Å². The maximum Gasteiger partial charge on any atom is 0.330 e. The third-order valence-electron chi connectivity index (χ3n) is 12.2. The highest BCUT2D eigenvalue weighted by molar-refractivity contribution is 8.10. The Labute approximate surface area is 418 Å². The highest BCUT2D eigenvalue weighted by atomic mass is 32.5. The zero-order chi connectivity index (χ0) is 52.0. The second-order valence-electron chi connectivity index (χ2n) is 17.9. The van der Waals surface area contributed by atoms with Crippen LogP contribution in [0.5, 0.6) is 11.5 Å². The van der Waals surface area contributed by atoms with Gasteiger partial charge in [-0.05, 0) is 80.5 Å². The van der Waals surface area contributed by atoms with Crippen LogP contribution in [0.15, 0.2) is 110 Å². The van der Waals surface area contributed by atoms with Crippen LogP contribution in [0, 0.1) is 25.2 Å². The molecular formula is C50H56N5O15PS. The molecule has 4 heterocycles. The van der Waals surface area contributed by atoms with Gasteiger partial charge in [-0.1, -0.05) is 54.6 Å². The first-order valence-corrected chi connectivity index (χ1v) is 25.7. The fourth-order valence-electron chi connectivity index (χ4n) is 8.60. The SMILES string of the molecule is COc1ccc(C(OC[C@H]2O[C@@H](n3cc(C)c(=O)[nH]c3=O)C[C@@H]2OP(=S)(CC(=O)OC(C)(C)CC#N)OC[C@H]2O[C@@H](n3cc(C)c(=O)[nH]c3=O)C[C@@H]2OC(C)=O)(c2ccccc2)c2ccc(OC)cc2)cc1. The van der Waals surface area contributed by atoms with E-state index in [1.54, 1.807) is 28.1 Å². The Hall–Kier alpha value is -6.50. The molecule has 2 saturated heterocycles. The predicted molar refractivity (Wildman–Crippen MR) is 263 cm³/mol. The van der Waals surface area contributed by atoms with Crippen molar-refractivity contribution in [2.24, 2.45) is 0 Å². The molecule has 7 rings (SSSR count). The highest BCUT2D eigenvalue weighted by Gasteiger charge is 2.47. The summed E-state index contributed by atoms with van der Waals surface area (Å²) in [6.45, 7) is 2.75. The van der Waals surface area contributed by atoms with Gasteiger partial charge >= 0.3 is 23.3 Å². The van der Waals surface area contributed by atoms with Crippen molar-refractivity contribution in [3.63, 3.8) is 0 Å². The molecule has 3 aromatic carbocycles. The van der Waals surface area contributed by atoms with E-state index in [1.807, 2.05) is 84.9 Å². The molecule has 2 aliphatic rings. The van der Waals surface area contributed by atoms with Crippen LogP contribution in [0.1, 0.15) is 80.3 Å². The van der Waals surface area contributed by atoms with Crippen LogP contribution in [-0.2, 0) is 59.7 Å². The van der Waals surface area contributed by atoms with Crippen LogP contribution in [0.25, 0.3) is 0 Å². The van der Waals surface area contributed by atoms with Crippen LogP contribution in [0.4, 0.5) is 0 Å². The molecule has 382 valence electrons. The third kappa shape index (κ3) is 12.2. The molecule has 22 heteroatoms. The molecule has 2 aliphatic heterocycles. The van der Waals surface area contributed by atoms with E-state index in [0.29, 0.717) is 22.6 Å². The van der Waals surface area contributed by atoms with Crippen molar-refractivity contribution < 1.29 is 51.8 Å². The van der Waals surface area contributed by atoms with Gasteiger partial charge in [0.05, 0.1) is 46.0 Å². The molecule has 0 radical (unpaired) electrons. The van der Waals surface area contributed by atoms with Gasteiger partial charge in [-0.25, -0.2) is 9.59 Å². The van der Waals surface area contributed by atoms with E-state index < -0.39 is 102 Å². The summed E-state index contributed by atoms with van der Waals surface area (Å²) in [6.07, 6.45) is -4.51. The number of ether oxygens (including phenoxy) is 7. The molecule has 2 N–H and O–H groups in total. The summed E-state index contributed by atoms with van der Waals surface area (Å²) in [4.78, 5) is 82.0. The lowest BCUT2D eigenvalue weighted by atomic mass is 9.80. The molecule has 0 aliphatic carbocycles. The first-order valence-electron chi connectivity index (χ1n) is 22.9. The van der Waals surface area contributed by atoms with E-state index in [1.165, 1.54) is 42.3 Å². The van der Waals surface area contributed by atoms with Crippen LogP contribution in [0.2, 0.25) is 0 Å². The van der Waals surface area contributed by atoms with Crippen molar-refractivity contribution in [1.82, 2.24) is 19.1 Å². The Morgan fingerprint density at radius 1 is 0.764 bits per heavy atom. The minimum Gasteiger partial charge on any atom is -0.497 e. The zero-order valence-electron chi connectivity index (χ0n) is 40.7. The minimum absolute atomic E-state index is 0.0242. The molecule has 0 spiro atoms. The lowest BCUT2D eigenvalue weighted by Gasteiger charge is -2.37. The zero-order valence-corrected chi connectivity index (χ0v) is 42.4. The number of carbonyl (C=O) groups excluding carboxylic acids is 2. The largest absolute Gasteiger partial charge is 0.497 e. The Bertz CT molecular complexity index is 3030. The van der Waals surface area contributed by atoms with E-state index >= 15 is 0 Å². The van der Waals surface area contributed by atoms with Crippen LogP contribution in [-0.4, -0.2) is 94.7 Å². The highest BCUT2D eigenvalue weighted by Crippen LogP contribution is 2.54. The summed E-state index contributed by atoms with van der Waals surface area (Å²) >= 11 is 6.22. The Kier molecular flexibility index (Phi) is 16.7. The third-order valence-corrected chi connectivity index (χ3v) is 14.9. The number of hydrogen-bond acceptors (Lipinski definition) is 17. The summed E-state index contributed by atoms with van der Waals surface area (Å²) in [5.41, 5.74) is -2.68. The van der Waals surface area contributed by atoms with Crippen LogP contribution in [0.3, 0.4) is 0 Å². The van der Waals surface area contributed by atoms with Gasteiger partial charge in [-0.3, -0.25) is 38.3 Å². The number of nitrogens with zero attached hydrogens (tertiary/aromatic N) is 3. The first-order chi connectivity index (χ1) is 34.3. The van der Waals surface area contributed by atoms with Gasteiger partial charge in [0.15, 0.2) is 6.49 Å². The molecule has 5 aromatic rings.